The molecule has 7 N–H and O–H groups in total. The number of unbranched alkanes of at least 4 members (excludes halogenated alkanes) is 2. The smallest absolute Gasteiger partial charge is 0.410 e. The largest absolute Gasteiger partial charge is 0.445 e. The lowest BCUT2D eigenvalue weighted by molar-refractivity contribution is -0.137. The van der Waals surface area contributed by atoms with E-state index in [1.165, 1.54) is 26.9 Å². The van der Waals surface area contributed by atoms with E-state index in [9.17, 15) is 52.6 Å². The van der Waals surface area contributed by atoms with E-state index < -0.39 is 89.5 Å². The maximum atomic E-state index is 16.4. The number of anilines is 1. The summed E-state index contributed by atoms with van der Waals surface area (Å²) in [4.78, 5) is 126. The topological polar surface area (TPSA) is 297 Å². The summed E-state index contributed by atoms with van der Waals surface area (Å²) < 4.78 is 59.7. The van der Waals surface area contributed by atoms with Gasteiger partial charge in [0.25, 0.3) is 11.8 Å². The van der Waals surface area contributed by atoms with Crippen LogP contribution in [0.4, 0.5) is 33.2 Å². The number of carbonyl (C=O) groups excluding carboxylic acids is 9. The van der Waals surface area contributed by atoms with Crippen LogP contribution < -0.4 is 27.0 Å². The number of urea groups is 2. The Hall–Kier alpha value is -8.65. The number of carbonyl (C=O) groups is 9. The van der Waals surface area contributed by atoms with Crippen LogP contribution in [0, 0.1) is 29.4 Å². The number of imide groups is 1. The maximum Gasteiger partial charge on any atom is 0.410 e. The minimum absolute atomic E-state index is 0.0637. The third-order valence-corrected chi connectivity index (χ3v) is 16.2. The number of benzene rings is 3. The molecule has 0 unspecified atom stereocenters. The number of primary amides is 1. The number of likely N-dealkylation sites (tertiary alicyclic amines) is 2. The molecule has 0 radical (unpaired) electrons. The van der Waals surface area contributed by atoms with E-state index in [0.29, 0.717) is 62.4 Å². The number of aliphatic hydroxyl groups is 1. The van der Waals surface area contributed by atoms with Crippen LogP contribution in [0.15, 0.2) is 91.1 Å². The molecule has 0 saturated carbocycles. The van der Waals surface area contributed by atoms with Crippen LogP contribution in [0.25, 0.3) is 11.3 Å². The maximum absolute atomic E-state index is 16.4. The molecule has 0 aliphatic carbocycles. The summed E-state index contributed by atoms with van der Waals surface area (Å²) in [5.41, 5.74) is 7.02. The molecule has 4 aliphatic heterocycles. The first-order chi connectivity index (χ1) is 42.2. The van der Waals surface area contributed by atoms with Gasteiger partial charge in [-0.05, 0) is 91.8 Å². The van der Waals surface area contributed by atoms with Gasteiger partial charge in [-0.25, -0.2) is 32.5 Å². The number of ketones is 1. The average molecular weight is 1220 g/mol. The van der Waals surface area contributed by atoms with Crippen molar-refractivity contribution in [3.8, 4) is 11.3 Å². The molecule has 5 heterocycles. The van der Waals surface area contributed by atoms with E-state index in [4.69, 9.17) is 20.2 Å². The minimum atomic E-state index is -1.63. The van der Waals surface area contributed by atoms with Crippen LogP contribution in [0.2, 0.25) is 0 Å². The molecule has 4 aromatic rings. The van der Waals surface area contributed by atoms with E-state index in [1.807, 2.05) is 34.9 Å². The summed E-state index contributed by atoms with van der Waals surface area (Å²) in [6.07, 6.45) is 3.13. The fraction of sp³-hybridized carbons (Fsp3) is 0.484. The molecule has 0 spiro atoms. The molecular formula is C62H76F3N11O12. The van der Waals surface area contributed by atoms with Crippen molar-refractivity contribution in [2.45, 2.75) is 109 Å². The third kappa shape index (κ3) is 17.8. The van der Waals surface area contributed by atoms with Gasteiger partial charge in [-0.15, -0.1) is 0 Å². The molecule has 4 aliphatic rings. The van der Waals surface area contributed by atoms with E-state index in [0.717, 1.165) is 28.7 Å². The molecule has 3 saturated heterocycles. The first-order valence-electron chi connectivity index (χ1n) is 29.7. The number of aliphatic hydroxyl groups excluding tert-OH is 1. The predicted octanol–water partition coefficient (Wildman–Crippen LogP) is 5.16. The van der Waals surface area contributed by atoms with Crippen molar-refractivity contribution in [3.05, 3.63) is 120 Å². The molecular weight excluding hydrogens is 1150 g/mol. The molecule has 3 fully saturated rings. The molecule has 23 nitrogen and oxygen atoms in total. The number of imidazole rings is 1. The van der Waals surface area contributed by atoms with Gasteiger partial charge < -0.3 is 60.8 Å². The normalized spacial score (nSPS) is 18.8. The zero-order chi connectivity index (χ0) is 63.0. The Morgan fingerprint density at radius 3 is 2.26 bits per heavy atom. The highest BCUT2D eigenvalue weighted by Crippen LogP contribution is 2.37. The molecule has 26 heteroatoms. The van der Waals surface area contributed by atoms with Crippen molar-refractivity contribution in [1.82, 2.24) is 45.1 Å². The highest BCUT2D eigenvalue weighted by molar-refractivity contribution is 6.12. The van der Waals surface area contributed by atoms with Gasteiger partial charge in [0.1, 0.15) is 48.4 Å². The van der Waals surface area contributed by atoms with Crippen molar-refractivity contribution in [1.29, 1.82) is 0 Å². The van der Waals surface area contributed by atoms with Crippen molar-refractivity contribution in [3.63, 3.8) is 0 Å². The van der Waals surface area contributed by atoms with E-state index in [1.54, 1.807) is 44.3 Å². The summed E-state index contributed by atoms with van der Waals surface area (Å²) in [7, 11) is 0. The number of rotatable bonds is 27. The predicted molar refractivity (Wildman–Crippen MR) is 314 cm³/mol. The molecule has 0 bridgehead atoms. The number of amides is 10. The number of aromatic nitrogens is 2. The van der Waals surface area contributed by atoms with Crippen LogP contribution in [-0.2, 0) is 51.4 Å². The van der Waals surface area contributed by atoms with Crippen LogP contribution in [-0.4, -0.2) is 178 Å². The molecule has 8 rings (SSSR count). The highest BCUT2D eigenvalue weighted by Gasteiger charge is 2.43. The van der Waals surface area contributed by atoms with Gasteiger partial charge >= 0.3 is 18.2 Å². The first-order valence-corrected chi connectivity index (χ1v) is 29.7. The zero-order valence-electron chi connectivity index (χ0n) is 49.3. The fourth-order valence-electron chi connectivity index (χ4n) is 11.3. The van der Waals surface area contributed by atoms with Crippen LogP contribution in [0.5, 0.6) is 0 Å². The second-order valence-electron chi connectivity index (χ2n) is 23.0. The zero-order valence-corrected chi connectivity index (χ0v) is 49.3. The highest BCUT2D eigenvalue weighted by atomic mass is 19.1. The van der Waals surface area contributed by atoms with Gasteiger partial charge in [0, 0.05) is 100 Å². The lowest BCUT2D eigenvalue weighted by atomic mass is 9.84. The van der Waals surface area contributed by atoms with Crippen molar-refractivity contribution in [2.24, 2.45) is 23.5 Å². The Labute approximate surface area is 507 Å². The second-order valence-corrected chi connectivity index (χ2v) is 23.0. The molecule has 472 valence electrons. The second kappa shape index (κ2) is 30.8. The molecule has 10 amide bonds. The number of nitrogens with zero attached hydrogens (tertiary/aromatic N) is 6. The van der Waals surface area contributed by atoms with Gasteiger partial charge in [0.05, 0.1) is 25.3 Å². The van der Waals surface area contributed by atoms with Crippen molar-refractivity contribution >= 4 is 59.2 Å². The number of nitrogens with two attached hydrogens (primary N) is 1. The van der Waals surface area contributed by atoms with E-state index in [-0.39, 0.29) is 120 Å². The fourth-order valence-corrected chi connectivity index (χ4v) is 11.3. The number of hydrogen-bond donors (Lipinski definition) is 6. The summed E-state index contributed by atoms with van der Waals surface area (Å²) in [5, 5.41) is 21.2. The number of ether oxygens (including phenoxy) is 2. The van der Waals surface area contributed by atoms with Crippen LogP contribution >= 0.6 is 0 Å². The lowest BCUT2D eigenvalue weighted by Gasteiger charge is -2.37. The van der Waals surface area contributed by atoms with Gasteiger partial charge in [-0.1, -0.05) is 62.7 Å². The average Bonchev–Trinajstić information content (AvgIpc) is 2.68. The monoisotopic (exact) mass is 1220 g/mol. The lowest BCUT2D eigenvalue weighted by Crippen LogP contribution is -2.54. The number of alkyl halides is 1. The van der Waals surface area contributed by atoms with Crippen molar-refractivity contribution in [2.75, 3.05) is 70.9 Å². The Balaban J connectivity index is 0.900. The van der Waals surface area contributed by atoms with Gasteiger partial charge in [0.2, 0.25) is 17.7 Å². The molecule has 88 heavy (non-hydrogen) atoms. The number of Topliss-reactive ketones (excluding diaryl/α,β-unsaturated/α-hetero) is 1. The summed E-state index contributed by atoms with van der Waals surface area (Å²) in [6, 6.07) is 15.2. The van der Waals surface area contributed by atoms with Crippen LogP contribution in [0.1, 0.15) is 88.1 Å². The minimum Gasteiger partial charge on any atom is -0.445 e. The standard InChI is InChI=1S/C62H76F3N11O12/c1-38(2)56(71-53(79)13-7-4-8-25-76-54(80)20-21-55(76)81)59(83)70-49(12-9-24-67-60(66)84)58(82)68-44-17-14-40(15-18-44)37-88-62(86)75-31-42(48(65)33-75)30-73(61(85)74-35-51(77)52(78)36-74)32-46(41-22-26-87-27-23-41)57-69-50(45-28-43(63)16-19-47(45)64)34-72(57)29-39-10-5-3-6-11-39/h3,5-6,10-11,14-21,28,34,38,41-42,46,48-49,51,56,77H,4,7-9,12-13,22-27,29-33,35-37H2,1-2H3,(H,68,82)(H,70,83)(H,71,79)(H3,66,67,84)/t42-,46-,48+,49+,51-,56+/m1/s1. The Bertz CT molecular complexity index is 3160. The number of hydrogen-bond acceptors (Lipinski definition) is 13. The molecule has 3 aromatic carbocycles. The quantitative estimate of drug-likeness (QED) is 0.0333. The van der Waals surface area contributed by atoms with Crippen molar-refractivity contribution < 1.29 is 70.9 Å². The first kappa shape index (κ1) is 65.3. The van der Waals surface area contributed by atoms with Crippen LogP contribution in [0.3, 0.4) is 0 Å². The summed E-state index contributed by atoms with van der Waals surface area (Å²) in [5.74, 6) is -5.92. The number of halogens is 3. The van der Waals surface area contributed by atoms with Gasteiger partial charge in [-0.2, -0.15) is 0 Å². The van der Waals surface area contributed by atoms with E-state index in [2.05, 4.69) is 21.3 Å². The Morgan fingerprint density at radius 2 is 1.58 bits per heavy atom. The summed E-state index contributed by atoms with van der Waals surface area (Å²) >= 11 is 0. The third-order valence-electron chi connectivity index (χ3n) is 16.2. The molecule has 6 atom stereocenters. The van der Waals surface area contributed by atoms with Gasteiger partial charge in [0.15, 0.2) is 5.78 Å². The Morgan fingerprint density at radius 1 is 0.852 bits per heavy atom. The molecule has 1 aromatic heterocycles. The SMILES string of the molecule is CC(C)[C@H](NC(=O)CCCCCN1C(=O)C=CC1=O)C(=O)N[C@@H](CCCNC(N)=O)C(=O)Nc1ccc(COC(=O)N2C[C@@H](CN(C[C@@H](c3nc(-c4cc(F)ccc4F)cn3Cc3ccccc3)C3CCOCC3)C(=O)N3CC(=O)[C@H](O)C3)[C@@H](F)C2)cc1. The Kier molecular flexibility index (Phi) is 22.9. The number of nitrogens with one attached hydrogen (secondary N) is 4. The van der Waals surface area contributed by atoms with Gasteiger partial charge in [-0.3, -0.25) is 33.7 Å². The number of β-amino-alcohol motifs (C(OH)–C–C–N with tert-alkyl or cyclic N) is 1. The summed E-state index contributed by atoms with van der Waals surface area (Å²) in [6.45, 7) is 3.15. The van der Waals surface area contributed by atoms with E-state index >= 15 is 8.78 Å².